The van der Waals surface area contributed by atoms with E-state index in [1.165, 1.54) is 37.7 Å². The fraction of sp³-hybridized carbons (Fsp3) is 0.529. The van der Waals surface area contributed by atoms with Crippen LogP contribution in [0.3, 0.4) is 0 Å². The predicted octanol–water partition coefficient (Wildman–Crippen LogP) is 3.10. The summed E-state index contributed by atoms with van der Waals surface area (Å²) in [6.45, 7) is 1.44. The van der Waals surface area contributed by atoms with Gasteiger partial charge in [-0.05, 0) is 25.5 Å². The molecule has 0 bridgehead atoms. The van der Waals surface area contributed by atoms with E-state index >= 15 is 0 Å². The van der Waals surface area contributed by atoms with Crippen molar-refractivity contribution in [1.29, 1.82) is 0 Å². The fourth-order valence-electron chi connectivity index (χ4n) is 3.38. The van der Waals surface area contributed by atoms with Crippen LogP contribution in [0.4, 0.5) is 6.01 Å². The summed E-state index contributed by atoms with van der Waals surface area (Å²) in [5, 5.41) is 14.5. The highest BCUT2D eigenvalue weighted by molar-refractivity contribution is 5.30. The Balaban J connectivity index is 1.73. The molecule has 1 aliphatic carbocycles. The molecule has 0 aliphatic heterocycles. The zero-order valence-electron chi connectivity index (χ0n) is 13.1. The first-order chi connectivity index (χ1) is 10.8. The van der Waals surface area contributed by atoms with Gasteiger partial charge in [-0.25, -0.2) is 0 Å². The Morgan fingerprint density at radius 3 is 2.59 bits per heavy atom. The van der Waals surface area contributed by atoms with Crippen molar-refractivity contribution in [3.63, 3.8) is 0 Å². The van der Waals surface area contributed by atoms with Crippen molar-refractivity contribution in [2.45, 2.75) is 44.1 Å². The van der Waals surface area contributed by atoms with Gasteiger partial charge in [0.15, 0.2) is 0 Å². The first kappa shape index (κ1) is 15.0. The fourth-order valence-corrected chi connectivity index (χ4v) is 3.38. The van der Waals surface area contributed by atoms with E-state index < -0.39 is 0 Å². The Morgan fingerprint density at radius 1 is 1.09 bits per heavy atom. The Kier molecular flexibility index (Phi) is 4.73. The predicted molar refractivity (Wildman–Crippen MR) is 86.8 cm³/mol. The van der Waals surface area contributed by atoms with E-state index in [2.05, 4.69) is 51.2 Å². The maximum Gasteiger partial charge on any atom is 0.315 e. The minimum Gasteiger partial charge on any atom is -0.407 e. The highest BCUT2D eigenvalue weighted by Crippen LogP contribution is 2.39. The van der Waals surface area contributed by atoms with Gasteiger partial charge in [-0.3, -0.25) is 0 Å². The standard InChI is InChI=1S/C17H24N4O/c1-18-12-15-20-21-16(22-15)19-13-17(10-6-3-7-11-17)14-8-4-2-5-9-14/h2,4-5,8-9,18H,3,6-7,10-13H2,1H3,(H,19,21). The highest BCUT2D eigenvalue weighted by Gasteiger charge is 2.34. The molecule has 0 unspecified atom stereocenters. The molecule has 0 atom stereocenters. The molecule has 0 saturated heterocycles. The lowest BCUT2D eigenvalue weighted by Gasteiger charge is -2.37. The van der Waals surface area contributed by atoms with Gasteiger partial charge in [0.1, 0.15) is 0 Å². The molecule has 1 aromatic carbocycles. The normalized spacial score (nSPS) is 17.3. The first-order valence-electron chi connectivity index (χ1n) is 8.09. The number of nitrogens with zero attached hydrogens (tertiary/aromatic N) is 2. The van der Waals surface area contributed by atoms with Gasteiger partial charge in [-0.2, -0.15) is 0 Å². The molecular formula is C17H24N4O. The molecule has 1 fully saturated rings. The van der Waals surface area contributed by atoms with Crippen LogP contribution in [0.2, 0.25) is 0 Å². The topological polar surface area (TPSA) is 63.0 Å². The van der Waals surface area contributed by atoms with Gasteiger partial charge in [0.05, 0.1) is 6.54 Å². The van der Waals surface area contributed by atoms with Crippen LogP contribution in [0.5, 0.6) is 0 Å². The average Bonchev–Trinajstić information content (AvgIpc) is 3.03. The van der Waals surface area contributed by atoms with Gasteiger partial charge in [0, 0.05) is 12.0 Å². The van der Waals surface area contributed by atoms with Crippen molar-refractivity contribution >= 4 is 6.01 Å². The van der Waals surface area contributed by atoms with Crippen LogP contribution in [0, 0.1) is 0 Å². The summed E-state index contributed by atoms with van der Waals surface area (Å²) in [7, 11) is 1.86. The molecule has 5 heteroatoms. The molecular weight excluding hydrogens is 276 g/mol. The summed E-state index contributed by atoms with van der Waals surface area (Å²) in [6.07, 6.45) is 6.32. The number of aromatic nitrogens is 2. The molecule has 1 heterocycles. The quantitative estimate of drug-likeness (QED) is 0.858. The molecule has 2 N–H and O–H groups in total. The van der Waals surface area contributed by atoms with Gasteiger partial charge in [0.2, 0.25) is 5.89 Å². The largest absolute Gasteiger partial charge is 0.407 e. The van der Waals surface area contributed by atoms with E-state index in [1.807, 2.05) is 7.05 Å². The SMILES string of the molecule is CNCc1nnc(NCC2(c3ccccc3)CCCCC2)o1. The number of benzene rings is 1. The molecule has 1 aliphatic rings. The average molecular weight is 300 g/mol. The minimum absolute atomic E-state index is 0.178. The van der Waals surface area contributed by atoms with Crippen LogP contribution in [0.25, 0.3) is 0 Å². The zero-order valence-corrected chi connectivity index (χ0v) is 13.1. The monoisotopic (exact) mass is 300 g/mol. The smallest absolute Gasteiger partial charge is 0.315 e. The maximum atomic E-state index is 5.60. The summed E-state index contributed by atoms with van der Waals surface area (Å²) < 4.78 is 5.60. The third kappa shape index (κ3) is 3.30. The third-order valence-electron chi connectivity index (χ3n) is 4.57. The van der Waals surface area contributed by atoms with Crippen LogP contribution < -0.4 is 10.6 Å². The summed E-state index contributed by atoms with van der Waals surface area (Å²) in [6, 6.07) is 11.3. The molecule has 2 aromatic rings. The lowest BCUT2D eigenvalue weighted by Crippen LogP contribution is -2.36. The van der Waals surface area contributed by atoms with Gasteiger partial charge >= 0.3 is 6.01 Å². The zero-order chi connectivity index (χ0) is 15.3. The van der Waals surface area contributed by atoms with E-state index in [-0.39, 0.29) is 5.41 Å². The van der Waals surface area contributed by atoms with Crippen molar-refractivity contribution in [3.05, 3.63) is 41.8 Å². The van der Waals surface area contributed by atoms with Crippen molar-refractivity contribution in [1.82, 2.24) is 15.5 Å². The third-order valence-corrected chi connectivity index (χ3v) is 4.57. The Bertz CT molecular complexity index is 575. The summed E-state index contributed by atoms with van der Waals surface area (Å²) in [5.41, 5.74) is 1.59. The lowest BCUT2D eigenvalue weighted by atomic mass is 9.69. The van der Waals surface area contributed by atoms with Crippen LogP contribution in [0.15, 0.2) is 34.7 Å². The van der Waals surface area contributed by atoms with Gasteiger partial charge in [-0.1, -0.05) is 54.7 Å². The molecule has 22 heavy (non-hydrogen) atoms. The molecule has 0 amide bonds. The second-order valence-electron chi connectivity index (χ2n) is 6.09. The molecule has 0 radical (unpaired) electrons. The van der Waals surface area contributed by atoms with Crippen LogP contribution >= 0.6 is 0 Å². The lowest BCUT2D eigenvalue weighted by molar-refractivity contribution is 0.305. The number of hydrogen-bond acceptors (Lipinski definition) is 5. The summed E-state index contributed by atoms with van der Waals surface area (Å²) >= 11 is 0. The van der Waals surface area contributed by atoms with E-state index in [9.17, 15) is 0 Å². The summed E-state index contributed by atoms with van der Waals surface area (Å²) in [4.78, 5) is 0. The van der Waals surface area contributed by atoms with Crippen LogP contribution in [-0.2, 0) is 12.0 Å². The Labute approximate surface area is 131 Å². The first-order valence-corrected chi connectivity index (χ1v) is 8.09. The van der Waals surface area contributed by atoms with Crippen LogP contribution in [-0.4, -0.2) is 23.8 Å². The molecule has 3 rings (SSSR count). The number of rotatable bonds is 6. The Morgan fingerprint density at radius 2 is 1.86 bits per heavy atom. The van der Waals surface area contributed by atoms with Gasteiger partial charge < -0.3 is 15.1 Å². The number of nitrogens with one attached hydrogen (secondary N) is 2. The highest BCUT2D eigenvalue weighted by atomic mass is 16.4. The van der Waals surface area contributed by atoms with Crippen molar-refractivity contribution in [2.75, 3.05) is 18.9 Å². The van der Waals surface area contributed by atoms with Gasteiger partial charge in [0.25, 0.3) is 0 Å². The second kappa shape index (κ2) is 6.92. The molecule has 118 valence electrons. The van der Waals surface area contributed by atoms with Crippen molar-refractivity contribution in [3.8, 4) is 0 Å². The number of hydrogen-bond donors (Lipinski definition) is 2. The van der Waals surface area contributed by atoms with Crippen LogP contribution in [0.1, 0.15) is 43.6 Å². The molecule has 1 aromatic heterocycles. The number of anilines is 1. The van der Waals surface area contributed by atoms with E-state index in [1.54, 1.807) is 0 Å². The maximum absolute atomic E-state index is 5.60. The summed E-state index contributed by atoms with van der Waals surface area (Å²) in [5.74, 6) is 0.613. The minimum atomic E-state index is 0.178. The molecule has 1 saturated carbocycles. The van der Waals surface area contributed by atoms with E-state index in [0.29, 0.717) is 18.5 Å². The Hall–Kier alpha value is -1.88. The van der Waals surface area contributed by atoms with Gasteiger partial charge in [-0.15, -0.1) is 5.10 Å². The van der Waals surface area contributed by atoms with E-state index in [4.69, 9.17) is 4.42 Å². The molecule has 0 spiro atoms. The molecule has 5 nitrogen and oxygen atoms in total. The van der Waals surface area contributed by atoms with Crippen molar-refractivity contribution in [2.24, 2.45) is 0 Å². The van der Waals surface area contributed by atoms with Crippen molar-refractivity contribution < 1.29 is 4.42 Å². The second-order valence-corrected chi connectivity index (χ2v) is 6.09. The van der Waals surface area contributed by atoms with E-state index in [0.717, 1.165) is 6.54 Å².